The summed E-state index contributed by atoms with van der Waals surface area (Å²) in [5.41, 5.74) is 0. The Morgan fingerprint density at radius 3 is 0.918 bits per heavy atom. The molecule has 2 atom stereocenters. The summed E-state index contributed by atoms with van der Waals surface area (Å²) < 4.78 is 5.49. The smallest absolute Gasteiger partial charge is 0.305 e. The number of carbonyl (C=O) groups is 2. The Labute approximate surface area is 532 Å². The summed E-state index contributed by atoms with van der Waals surface area (Å²) in [5.74, 6) is -0.0172. The van der Waals surface area contributed by atoms with Crippen molar-refractivity contribution in [3.8, 4) is 0 Å². The molecule has 0 aliphatic carbocycles. The number of aliphatic hydroxyl groups is 2. The Hall–Kier alpha value is -1.66. The van der Waals surface area contributed by atoms with Gasteiger partial charge in [0.25, 0.3) is 0 Å². The topological polar surface area (TPSA) is 95.9 Å². The van der Waals surface area contributed by atoms with E-state index in [9.17, 15) is 19.8 Å². The van der Waals surface area contributed by atoms with E-state index in [-0.39, 0.29) is 18.5 Å². The Bertz CT molecular complexity index is 1330. The number of hydrogen-bond donors (Lipinski definition) is 3. The van der Waals surface area contributed by atoms with E-state index in [1.165, 1.54) is 360 Å². The summed E-state index contributed by atoms with van der Waals surface area (Å²) in [6.45, 7) is 4.97. The first kappa shape index (κ1) is 83.3. The molecule has 504 valence electrons. The molecule has 0 aromatic rings. The zero-order valence-corrected chi connectivity index (χ0v) is 57.9. The molecule has 0 saturated heterocycles. The average molecular weight is 1200 g/mol. The molecule has 0 saturated carbocycles. The molecule has 0 spiro atoms. The van der Waals surface area contributed by atoms with Crippen LogP contribution in [0.15, 0.2) is 24.3 Å². The summed E-state index contributed by atoms with van der Waals surface area (Å²) in [6.07, 6.45) is 95.5. The van der Waals surface area contributed by atoms with Crippen LogP contribution in [-0.4, -0.2) is 47.4 Å². The number of aliphatic hydroxyl groups excluding tert-OH is 2. The van der Waals surface area contributed by atoms with Gasteiger partial charge < -0.3 is 20.3 Å². The van der Waals surface area contributed by atoms with E-state index >= 15 is 0 Å². The van der Waals surface area contributed by atoms with Crippen molar-refractivity contribution >= 4 is 11.9 Å². The fraction of sp³-hybridized carbons (Fsp3) is 0.924. The monoisotopic (exact) mass is 1200 g/mol. The van der Waals surface area contributed by atoms with Gasteiger partial charge in [-0.2, -0.15) is 0 Å². The number of amides is 1. The summed E-state index contributed by atoms with van der Waals surface area (Å²) in [7, 11) is 0. The van der Waals surface area contributed by atoms with Crippen molar-refractivity contribution in [2.75, 3.05) is 13.2 Å². The van der Waals surface area contributed by atoms with Crippen LogP contribution in [0, 0.1) is 0 Å². The first-order valence-corrected chi connectivity index (χ1v) is 39.1. The lowest BCUT2D eigenvalue weighted by atomic mass is 10.0. The van der Waals surface area contributed by atoms with Crippen LogP contribution in [0.3, 0.4) is 0 Å². The second kappa shape index (κ2) is 74.8. The van der Waals surface area contributed by atoms with Gasteiger partial charge in [-0.3, -0.25) is 9.59 Å². The number of unbranched alkanes of at least 4 members (excludes halogenated alkanes) is 59. The zero-order chi connectivity index (χ0) is 61.3. The SMILES string of the molecule is CCCCC/C=C\C/C=C\CCCCCCCC(=O)OCCCCCCCCCCCCCCCCCCCCCCCCCCCCCCCCCCC(=O)NC(CO)C(O)CCCCCCCCCCCCCCCCCCCCCCC. The molecule has 2 unspecified atom stereocenters. The predicted molar refractivity (Wildman–Crippen MR) is 375 cm³/mol. The molecular formula is C79H153NO5. The highest BCUT2D eigenvalue weighted by Crippen LogP contribution is 2.20. The van der Waals surface area contributed by atoms with E-state index in [2.05, 4.69) is 43.5 Å². The molecule has 0 radical (unpaired) electrons. The molecule has 0 aliphatic heterocycles. The minimum Gasteiger partial charge on any atom is -0.466 e. The third kappa shape index (κ3) is 71.3. The number of esters is 1. The van der Waals surface area contributed by atoms with Crippen molar-refractivity contribution in [3.63, 3.8) is 0 Å². The van der Waals surface area contributed by atoms with Gasteiger partial charge >= 0.3 is 5.97 Å². The highest BCUT2D eigenvalue weighted by Gasteiger charge is 2.20. The van der Waals surface area contributed by atoms with Crippen LogP contribution < -0.4 is 5.32 Å². The van der Waals surface area contributed by atoms with Crippen LogP contribution in [0.4, 0.5) is 0 Å². The second-order valence-electron chi connectivity index (χ2n) is 27.0. The molecule has 0 aromatic carbocycles. The molecule has 3 N–H and O–H groups in total. The van der Waals surface area contributed by atoms with Crippen molar-refractivity contribution in [2.45, 2.75) is 456 Å². The molecule has 0 bridgehead atoms. The van der Waals surface area contributed by atoms with Crippen molar-refractivity contribution in [3.05, 3.63) is 24.3 Å². The van der Waals surface area contributed by atoms with E-state index in [0.29, 0.717) is 25.9 Å². The van der Waals surface area contributed by atoms with Crippen LogP contribution in [-0.2, 0) is 14.3 Å². The maximum Gasteiger partial charge on any atom is 0.305 e. The van der Waals surface area contributed by atoms with E-state index in [1.807, 2.05) is 0 Å². The quantitative estimate of drug-likeness (QED) is 0.0320. The highest BCUT2D eigenvalue weighted by atomic mass is 16.5. The summed E-state index contributed by atoms with van der Waals surface area (Å²) >= 11 is 0. The van der Waals surface area contributed by atoms with Gasteiger partial charge in [0.2, 0.25) is 5.91 Å². The molecule has 0 aliphatic rings. The molecular weight excluding hydrogens is 1040 g/mol. The van der Waals surface area contributed by atoms with Gasteiger partial charge in [0.1, 0.15) is 0 Å². The lowest BCUT2D eigenvalue weighted by Gasteiger charge is -2.22. The minimum absolute atomic E-state index is 0.00806. The summed E-state index contributed by atoms with van der Waals surface area (Å²) in [4.78, 5) is 24.6. The van der Waals surface area contributed by atoms with Crippen LogP contribution >= 0.6 is 0 Å². The molecule has 85 heavy (non-hydrogen) atoms. The largest absolute Gasteiger partial charge is 0.466 e. The Kier molecular flexibility index (Phi) is 73.3. The van der Waals surface area contributed by atoms with Crippen molar-refractivity contribution in [2.24, 2.45) is 0 Å². The first-order valence-electron chi connectivity index (χ1n) is 39.1. The molecule has 0 aromatic heterocycles. The predicted octanol–water partition coefficient (Wildman–Crippen LogP) is 25.7. The molecule has 0 fully saturated rings. The van der Waals surface area contributed by atoms with Crippen molar-refractivity contribution in [1.29, 1.82) is 0 Å². The van der Waals surface area contributed by atoms with Gasteiger partial charge in [0.05, 0.1) is 25.4 Å². The molecule has 6 nitrogen and oxygen atoms in total. The van der Waals surface area contributed by atoms with Gasteiger partial charge in [-0.1, -0.05) is 398 Å². The lowest BCUT2D eigenvalue weighted by molar-refractivity contribution is -0.143. The van der Waals surface area contributed by atoms with Crippen molar-refractivity contribution < 1.29 is 24.5 Å². The summed E-state index contributed by atoms with van der Waals surface area (Å²) in [5, 5.41) is 23.5. The molecule has 6 heteroatoms. The third-order valence-corrected chi connectivity index (χ3v) is 18.5. The Morgan fingerprint density at radius 2 is 0.588 bits per heavy atom. The minimum atomic E-state index is -0.662. The number of nitrogens with one attached hydrogen (secondary N) is 1. The standard InChI is InChI=1S/C79H153NO5/c1-3-5-7-9-11-13-15-17-19-20-21-34-37-40-44-47-51-55-59-63-67-71-77(82)76(75-81)80-78(83)72-68-64-60-56-52-48-45-41-38-35-32-30-28-26-24-22-23-25-27-29-31-33-36-39-42-46-50-54-58-62-66-70-74-85-79(84)73-69-65-61-57-53-49-43-18-16-14-12-10-8-6-4-2/h12,14,18,43,76-77,81-82H,3-11,13,15-17,19-42,44-75H2,1-2H3,(H,80,83)/b14-12-,43-18-. The van der Waals surface area contributed by atoms with E-state index in [1.54, 1.807) is 0 Å². The van der Waals surface area contributed by atoms with Crippen LogP contribution in [0.1, 0.15) is 444 Å². The van der Waals surface area contributed by atoms with E-state index < -0.39 is 12.1 Å². The molecule has 0 heterocycles. The van der Waals surface area contributed by atoms with Gasteiger partial charge in [-0.05, 0) is 57.8 Å². The number of allylic oxidation sites excluding steroid dienone is 4. The lowest BCUT2D eigenvalue weighted by Crippen LogP contribution is -2.45. The fourth-order valence-electron chi connectivity index (χ4n) is 12.6. The van der Waals surface area contributed by atoms with Crippen LogP contribution in [0.2, 0.25) is 0 Å². The van der Waals surface area contributed by atoms with Gasteiger partial charge in [-0.25, -0.2) is 0 Å². The Balaban J connectivity index is 3.33. The molecule has 1 amide bonds. The second-order valence-corrected chi connectivity index (χ2v) is 27.0. The number of hydrogen-bond acceptors (Lipinski definition) is 5. The Morgan fingerprint density at radius 1 is 0.329 bits per heavy atom. The zero-order valence-electron chi connectivity index (χ0n) is 57.9. The van der Waals surface area contributed by atoms with Crippen LogP contribution in [0.25, 0.3) is 0 Å². The number of carbonyl (C=O) groups excluding carboxylic acids is 2. The normalized spacial score (nSPS) is 12.6. The number of rotatable bonds is 74. The summed E-state index contributed by atoms with van der Waals surface area (Å²) in [6, 6.07) is -0.539. The highest BCUT2D eigenvalue weighted by molar-refractivity contribution is 5.76. The van der Waals surface area contributed by atoms with Crippen LogP contribution in [0.5, 0.6) is 0 Å². The fourth-order valence-corrected chi connectivity index (χ4v) is 12.6. The van der Waals surface area contributed by atoms with Gasteiger partial charge in [0.15, 0.2) is 0 Å². The van der Waals surface area contributed by atoms with Crippen molar-refractivity contribution in [1.82, 2.24) is 5.32 Å². The number of ether oxygens (including phenoxy) is 1. The maximum atomic E-state index is 12.6. The average Bonchev–Trinajstić information content (AvgIpc) is 3.51. The molecule has 0 rings (SSSR count). The van der Waals surface area contributed by atoms with E-state index in [0.717, 1.165) is 51.4 Å². The van der Waals surface area contributed by atoms with Gasteiger partial charge in [0, 0.05) is 12.8 Å². The maximum absolute atomic E-state index is 12.6. The van der Waals surface area contributed by atoms with Gasteiger partial charge in [-0.15, -0.1) is 0 Å². The van der Waals surface area contributed by atoms with E-state index in [4.69, 9.17) is 4.74 Å². The first-order chi connectivity index (χ1) is 42.0. The third-order valence-electron chi connectivity index (χ3n) is 18.5.